The normalized spacial score (nSPS) is 11.5. The van der Waals surface area contributed by atoms with Gasteiger partial charge in [0.25, 0.3) is 0 Å². The van der Waals surface area contributed by atoms with Crippen LogP contribution in [0.25, 0.3) is 0 Å². The largest absolute Gasteiger partial charge is 0.464 e. The van der Waals surface area contributed by atoms with E-state index in [1.54, 1.807) is 0 Å². The lowest BCUT2D eigenvalue weighted by atomic mass is 10.5. The first-order chi connectivity index (χ1) is 8.58. The van der Waals surface area contributed by atoms with Gasteiger partial charge in [0.15, 0.2) is 0 Å². The number of esters is 1. The van der Waals surface area contributed by atoms with E-state index in [0.29, 0.717) is 0 Å². The van der Waals surface area contributed by atoms with E-state index < -0.39 is 13.6 Å². The third-order valence-electron chi connectivity index (χ3n) is 1.66. The molecule has 0 amide bonds. The molecular formula is C9H16Cl3O5P. The quantitative estimate of drug-likeness (QED) is 0.328. The molecule has 0 heterocycles. The summed E-state index contributed by atoms with van der Waals surface area (Å²) in [5.41, 5.74) is 0. The Morgan fingerprint density at radius 3 is 1.89 bits per heavy atom. The van der Waals surface area contributed by atoms with Gasteiger partial charge >= 0.3 is 13.6 Å². The molecule has 0 bridgehead atoms. The first-order valence-electron chi connectivity index (χ1n) is 5.29. The number of carbonyl (C=O) groups is 1. The molecule has 0 spiro atoms. The van der Waals surface area contributed by atoms with Crippen LogP contribution in [0.2, 0.25) is 0 Å². The lowest BCUT2D eigenvalue weighted by Crippen LogP contribution is -2.11. The monoisotopic (exact) mass is 340 g/mol. The molecule has 0 aliphatic heterocycles. The fraction of sp³-hybridized carbons (Fsp3) is 0.889. The van der Waals surface area contributed by atoms with Crippen LogP contribution < -0.4 is 0 Å². The first-order valence-corrected chi connectivity index (χ1v) is 8.63. The van der Waals surface area contributed by atoms with Crippen molar-refractivity contribution in [2.45, 2.75) is 6.42 Å². The van der Waals surface area contributed by atoms with Crippen molar-refractivity contribution < 1.29 is 23.1 Å². The lowest BCUT2D eigenvalue weighted by Gasteiger charge is -2.17. The first kappa shape index (κ1) is 18.5. The summed E-state index contributed by atoms with van der Waals surface area (Å²) < 4.78 is 26.9. The molecule has 0 fully saturated rings. The number of halogens is 3. The maximum atomic E-state index is 12.1. The standard InChI is InChI=1S/C9H16Cl3O5P/c10-2-5-15-9(13)1-8-18(14,16-6-3-11)17-7-4-12/h1-8H2. The van der Waals surface area contributed by atoms with Gasteiger partial charge in [-0.1, -0.05) is 0 Å². The second-order valence-corrected chi connectivity index (χ2v) is 6.36. The molecule has 9 heteroatoms. The van der Waals surface area contributed by atoms with Crippen molar-refractivity contribution >= 4 is 48.4 Å². The molecule has 108 valence electrons. The van der Waals surface area contributed by atoms with E-state index in [1.165, 1.54) is 0 Å². The number of hydrogen-bond acceptors (Lipinski definition) is 5. The second kappa shape index (κ2) is 11.3. The zero-order valence-electron chi connectivity index (χ0n) is 9.78. The van der Waals surface area contributed by atoms with Gasteiger partial charge in [-0.2, -0.15) is 0 Å². The van der Waals surface area contributed by atoms with Gasteiger partial charge in [0.2, 0.25) is 0 Å². The molecule has 0 aliphatic carbocycles. The zero-order chi connectivity index (χ0) is 13.9. The van der Waals surface area contributed by atoms with E-state index in [9.17, 15) is 9.36 Å². The smallest absolute Gasteiger partial charge is 0.331 e. The van der Waals surface area contributed by atoms with Crippen LogP contribution in [0, 0.1) is 0 Å². The molecule has 0 atom stereocenters. The highest BCUT2D eigenvalue weighted by atomic mass is 35.5. The van der Waals surface area contributed by atoms with Crippen LogP contribution in [-0.4, -0.2) is 49.6 Å². The number of rotatable bonds is 11. The summed E-state index contributed by atoms with van der Waals surface area (Å²) in [4.78, 5) is 11.2. The van der Waals surface area contributed by atoms with Crippen LogP contribution in [0.5, 0.6) is 0 Å². The summed E-state index contributed by atoms with van der Waals surface area (Å²) in [5.74, 6) is 0.0879. The third kappa shape index (κ3) is 9.42. The van der Waals surface area contributed by atoms with E-state index in [0.717, 1.165) is 0 Å². The Hall–Kier alpha value is 0.490. The highest BCUT2D eigenvalue weighted by molar-refractivity contribution is 7.53. The van der Waals surface area contributed by atoms with E-state index in [-0.39, 0.29) is 50.0 Å². The van der Waals surface area contributed by atoms with Crippen LogP contribution in [-0.2, 0) is 23.1 Å². The van der Waals surface area contributed by atoms with Crippen molar-refractivity contribution in [3.8, 4) is 0 Å². The summed E-state index contributed by atoms with van der Waals surface area (Å²) in [6, 6.07) is 0. The van der Waals surface area contributed by atoms with E-state index in [2.05, 4.69) is 0 Å². The Balaban J connectivity index is 4.14. The highest BCUT2D eigenvalue weighted by Gasteiger charge is 2.25. The van der Waals surface area contributed by atoms with Gasteiger partial charge in [0.1, 0.15) is 6.61 Å². The Bertz CT molecular complexity index is 265. The average Bonchev–Trinajstić information content (AvgIpc) is 2.38. The molecule has 0 rings (SSSR count). The minimum Gasteiger partial charge on any atom is -0.464 e. The van der Waals surface area contributed by atoms with E-state index >= 15 is 0 Å². The minimum absolute atomic E-state index is 0.0676. The minimum atomic E-state index is -3.34. The molecule has 18 heavy (non-hydrogen) atoms. The molecule has 0 saturated heterocycles. The van der Waals surface area contributed by atoms with Gasteiger partial charge in [-0.25, -0.2) is 0 Å². The average molecular weight is 342 g/mol. The number of hydrogen-bond donors (Lipinski definition) is 0. The molecule has 0 aromatic heterocycles. The Morgan fingerprint density at radius 2 is 1.44 bits per heavy atom. The number of carbonyl (C=O) groups excluding carboxylic acids is 1. The van der Waals surface area contributed by atoms with Crippen molar-refractivity contribution in [2.75, 3.05) is 43.6 Å². The molecule has 0 aliphatic rings. The maximum Gasteiger partial charge on any atom is 0.331 e. The zero-order valence-corrected chi connectivity index (χ0v) is 12.9. The Kier molecular flexibility index (Phi) is 11.6. The molecule has 5 nitrogen and oxygen atoms in total. The van der Waals surface area contributed by atoms with Crippen molar-refractivity contribution in [3.63, 3.8) is 0 Å². The molecule has 0 unspecified atom stereocenters. The van der Waals surface area contributed by atoms with Gasteiger partial charge in [0.05, 0.1) is 31.7 Å². The van der Waals surface area contributed by atoms with Gasteiger partial charge in [-0.15, -0.1) is 34.8 Å². The molecule has 0 aromatic carbocycles. The third-order valence-corrected chi connectivity index (χ3v) is 4.05. The van der Waals surface area contributed by atoms with Gasteiger partial charge in [-0.3, -0.25) is 9.36 Å². The SMILES string of the molecule is O=C(CCP(=O)(OCCCl)OCCCl)OCCCl. The van der Waals surface area contributed by atoms with Crippen molar-refractivity contribution in [2.24, 2.45) is 0 Å². The maximum absolute atomic E-state index is 12.1. The molecule has 0 N–H and O–H groups in total. The van der Waals surface area contributed by atoms with Crippen LogP contribution in [0.15, 0.2) is 0 Å². The fourth-order valence-electron chi connectivity index (χ4n) is 0.966. The Morgan fingerprint density at radius 1 is 0.944 bits per heavy atom. The molecule has 0 radical (unpaired) electrons. The predicted octanol–water partition coefficient (Wildman–Crippen LogP) is 2.86. The van der Waals surface area contributed by atoms with Crippen molar-refractivity contribution in [1.29, 1.82) is 0 Å². The summed E-state index contributed by atoms with van der Waals surface area (Å²) in [5, 5.41) is 0. The Labute approximate surface area is 122 Å². The van der Waals surface area contributed by atoms with Gasteiger partial charge < -0.3 is 13.8 Å². The predicted molar refractivity (Wildman–Crippen MR) is 72.1 cm³/mol. The van der Waals surface area contributed by atoms with Crippen molar-refractivity contribution in [1.82, 2.24) is 0 Å². The summed E-state index contributed by atoms with van der Waals surface area (Å²) in [7, 11) is -3.34. The van der Waals surface area contributed by atoms with Crippen LogP contribution in [0.1, 0.15) is 6.42 Å². The second-order valence-electron chi connectivity index (χ2n) is 3.04. The van der Waals surface area contributed by atoms with Gasteiger partial charge in [0, 0.05) is 11.8 Å². The summed E-state index contributed by atoms with van der Waals surface area (Å²) >= 11 is 16.2. The van der Waals surface area contributed by atoms with Crippen molar-refractivity contribution in [3.05, 3.63) is 0 Å². The lowest BCUT2D eigenvalue weighted by molar-refractivity contribution is -0.142. The fourth-order valence-corrected chi connectivity index (χ4v) is 2.94. The molecular weight excluding hydrogens is 325 g/mol. The van der Waals surface area contributed by atoms with Crippen LogP contribution in [0.4, 0.5) is 0 Å². The summed E-state index contributed by atoms with van der Waals surface area (Å²) in [6.45, 7) is 0.283. The highest BCUT2D eigenvalue weighted by Crippen LogP contribution is 2.48. The van der Waals surface area contributed by atoms with Crippen LogP contribution in [0.3, 0.4) is 0 Å². The van der Waals surface area contributed by atoms with E-state index in [4.69, 9.17) is 48.6 Å². The van der Waals surface area contributed by atoms with Gasteiger partial charge in [-0.05, 0) is 0 Å². The number of alkyl halides is 3. The summed E-state index contributed by atoms with van der Waals surface area (Å²) in [6.07, 6.45) is -0.138. The topological polar surface area (TPSA) is 61.8 Å². The van der Waals surface area contributed by atoms with Crippen LogP contribution >= 0.6 is 42.4 Å². The molecule has 0 saturated carbocycles. The number of ether oxygens (including phenoxy) is 1. The van der Waals surface area contributed by atoms with E-state index in [1.807, 2.05) is 0 Å². The molecule has 0 aromatic rings.